The van der Waals surface area contributed by atoms with Crippen molar-refractivity contribution in [1.29, 1.82) is 0 Å². The van der Waals surface area contributed by atoms with Crippen molar-refractivity contribution in [2.45, 2.75) is 37.6 Å². The molecule has 0 saturated heterocycles. The summed E-state index contributed by atoms with van der Waals surface area (Å²) < 4.78 is 0. The summed E-state index contributed by atoms with van der Waals surface area (Å²) in [5.41, 5.74) is 0. The Hall–Kier alpha value is -0.120. The molecule has 6 unspecified atom stereocenters. The summed E-state index contributed by atoms with van der Waals surface area (Å²) in [6, 6.07) is 0. The van der Waals surface area contributed by atoms with Gasteiger partial charge in [-0.2, -0.15) is 0 Å². The molecule has 6 atom stereocenters. The maximum Gasteiger partial charge on any atom is 0.106 e. The van der Waals surface area contributed by atoms with E-state index in [4.69, 9.17) is 0 Å². The Labute approximate surface area is 77.4 Å². The van der Waals surface area contributed by atoms with Gasteiger partial charge in [0.05, 0.1) is 12.2 Å². The van der Waals surface area contributed by atoms with Gasteiger partial charge in [0, 0.05) is 0 Å². The molecule has 3 saturated carbocycles. The number of fused-ring (bicyclic) bond motifs is 5. The third-order valence-corrected chi connectivity index (χ3v) is 4.54. The number of aliphatic hydroxyl groups is 3. The SMILES string of the molecule is OC1C(O)C2C3CCC(C3)C2C1O. The molecule has 3 rings (SSSR count). The van der Waals surface area contributed by atoms with Gasteiger partial charge in [0.2, 0.25) is 0 Å². The van der Waals surface area contributed by atoms with Crippen molar-refractivity contribution in [3.05, 3.63) is 0 Å². The van der Waals surface area contributed by atoms with Crippen LogP contribution in [0.5, 0.6) is 0 Å². The van der Waals surface area contributed by atoms with Gasteiger partial charge >= 0.3 is 0 Å². The summed E-state index contributed by atoms with van der Waals surface area (Å²) in [4.78, 5) is 0. The fourth-order valence-corrected chi connectivity index (χ4v) is 4.05. The molecule has 3 nitrogen and oxygen atoms in total. The lowest BCUT2D eigenvalue weighted by Crippen LogP contribution is -2.32. The molecule has 0 radical (unpaired) electrons. The minimum atomic E-state index is -0.890. The molecule has 0 aromatic carbocycles. The van der Waals surface area contributed by atoms with Gasteiger partial charge in [-0.1, -0.05) is 0 Å². The first-order valence-corrected chi connectivity index (χ1v) is 5.24. The lowest BCUT2D eigenvalue weighted by Gasteiger charge is -2.26. The van der Waals surface area contributed by atoms with Crippen LogP contribution in [0, 0.1) is 23.7 Å². The normalized spacial score (nSPS) is 64.4. The second kappa shape index (κ2) is 2.47. The maximum absolute atomic E-state index is 9.75. The highest BCUT2D eigenvalue weighted by Crippen LogP contribution is 2.58. The van der Waals surface area contributed by atoms with Crippen LogP contribution in [0.4, 0.5) is 0 Å². The van der Waals surface area contributed by atoms with Crippen LogP contribution in [0.2, 0.25) is 0 Å². The standard InChI is InChI=1S/C10H16O3/c11-8-6-4-1-2-5(3-4)7(6)9(12)10(8)13/h4-13H,1-3H2. The number of aliphatic hydroxyl groups excluding tert-OH is 3. The van der Waals surface area contributed by atoms with Crippen LogP contribution in [0.15, 0.2) is 0 Å². The molecule has 3 aliphatic rings. The van der Waals surface area contributed by atoms with Crippen LogP contribution in [0.25, 0.3) is 0 Å². The first-order valence-electron chi connectivity index (χ1n) is 5.24. The number of hydrogen-bond donors (Lipinski definition) is 3. The van der Waals surface area contributed by atoms with E-state index < -0.39 is 18.3 Å². The Balaban J connectivity index is 1.94. The zero-order valence-corrected chi connectivity index (χ0v) is 7.50. The van der Waals surface area contributed by atoms with Gasteiger partial charge in [0.15, 0.2) is 0 Å². The molecular formula is C10H16O3. The van der Waals surface area contributed by atoms with E-state index in [1.807, 2.05) is 0 Å². The minimum absolute atomic E-state index is 0.184. The van der Waals surface area contributed by atoms with Gasteiger partial charge in [0.25, 0.3) is 0 Å². The number of rotatable bonds is 0. The Kier molecular flexibility index (Phi) is 1.56. The van der Waals surface area contributed by atoms with Crippen LogP contribution in [-0.4, -0.2) is 33.6 Å². The molecule has 13 heavy (non-hydrogen) atoms. The molecule has 0 spiro atoms. The topological polar surface area (TPSA) is 60.7 Å². The highest BCUT2D eigenvalue weighted by Gasteiger charge is 2.60. The average molecular weight is 184 g/mol. The monoisotopic (exact) mass is 184 g/mol. The van der Waals surface area contributed by atoms with Crippen molar-refractivity contribution >= 4 is 0 Å². The largest absolute Gasteiger partial charge is 0.390 e. The molecule has 3 N–H and O–H groups in total. The van der Waals surface area contributed by atoms with Crippen molar-refractivity contribution in [3.63, 3.8) is 0 Å². The fraction of sp³-hybridized carbons (Fsp3) is 1.00. The van der Waals surface area contributed by atoms with Gasteiger partial charge < -0.3 is 15.3 Å². The quantitative estimate of drug-likeness (QED) is 0.486. The van der Waals surface area contributed by atoms with Gasteiger partial charge in [-0.3, -0.25) is 0 Å². The molecule has 0 aromatic heterocycles. The Bertz CT molecular complexity index is 208. The highest BCUT2D eigenvalue weighted by atomic mass is 16.4. The zero-order chi connectivity index (χ0) is 9.16. The first-order chi connectivity index (χ1) is 6.20. The smallest absolute Gasteiger partial charge is 0.106 e. The van der Waals surface area contributed by atoms with Gasteiger partial charge in [-0.25, -0.2) is 0 Å². The van der Waals surface area contributed by atoms with E-state index in [1.165, 1.54) is 12.8 Å². The van der Waals surface area contributed by atoms with Gasteiger partial charge in [-0.05, 0) is 42.9 Å². The van der Waals surface area contributed by atoms with E-state index in [9.17, 15) is 15.3 Å². The molecule has 0 aliphatic heterocycles. The van der Waals surface area contributed by atoms with E-state index >= 15 is 0 Å². The summed E-state index contributed by atoms with van der Waals surface area (Å²) in [5, 5.41) is 29.0. The first kappa shape index (κ1) is 8.21. The fourth-order valence-electron chi connectivity index (χ4n) is 4.05. The third kappa shape index (κ3) is 0.853. The molecule has 0 heterocycles. The lowest BCUT2D eigenvalue weighted by atomic mass is 9.80. The minimum Gasteiger partial charge on any atom is -0.390 e. The number of hydrogen-bond acceptors (Lipinski definition) is 3. The van der Waals surface area contributed by atoms with Crippen molar-refractivity contribution in [1.82, 2.24) is 0 Å². The van der Waals surface area contributed by atoms with Crippen molar-refractivity contribution in [3.8, 4) is 0 Å². The summed E-state index contributed by atoms with van der Waals surface area (Å²) in [6.07, 6.45) is 1.30. The van der Waals surface area contributed by atoms with Crippen molar-refractivity contribution in [2.24, 2.45) is 23.7 Å². The van der Waals surface area contributed by atoms with E-state index in [0.29, 0.717) is 11.8 Å². The summed E-state index contributed by atoms with van der Waals surface area (Å²) in [5.74, 6) is 1.50. The Morgan fingerprint density at radius 3 is 1.62 bits per heavy atom. The van der Waals surface area contributed by atoms with Crippen LogP contribution >= 0.6 is 0 Å². The molecular weight excluding hydrogens is 168 g/mol. The van der Waals surface area contributed by atoms with E-state index in [2.05, 4.69) is 0 Å². The molecule has 2 bridgehead atoms. The van der Waals surface area contributed by atoms with Crippen LogP contribution in [0.3, 0.4) is 0 Å². The van der Waals surface area contributed by atoms with Crippen molar-refractivity contribution in [2.75, 3.05) is 0 Å². The van der Waals surface area contributed by atoms with Crippen LogP contribution in [0.1, 0.15) is 19.3 Å². The maximum atomic E-state index is 9.75. The van der Waals surface area contributed by atoms with Crippen LogP contribution in [-0.2, 0) is 0 Å². The molecule has 3 aliphatic carbocycles. The second-order valence-corrected chi connectivity index (χ2v) is 4.96. The molecule has 3 fully saturated rings. The molecule has 3 heteroatoms. The molecule has 0 amide bonds. The van der Waals surface area contributed by atoms with Gasteiger partial charge in [-0.15, -0.1) is 0 Å². The van der Waals surface area contributed by atoms with Gasteiger partial charge in [0.1, 0.15) is 6.10 Å². The highest BCUT2D eigenvalue weighted by molar-refractivity contribution is 5.09. The van der Waals surface area contributed by atoms with E-state index in [1.54, 1.807) is 0 Å². The van der Waals surface area contributed by atoms with E-state index in [0.717, 1.165) is 6.42 Å². The predicted molar refractivity (Wildman–Crippen MR) is 45.8 cm³/mol. The zero-order valence-electron chi connectivity index (χ0n) is 7.50. The Morgan fingerprint density at radius 2 is 1.15 bits per heavy atom. The average Bonchev–Trinajstić information content (AvgIpc) is 2.76. The molecule has 0 aromatic rings. The summed E-state index contributed by atoms with van der Waals surface area (Å²) in [6.45, 7) is 0. The third-order valence-electron chi connectivity index (χ3n) is 4.54. The molecule has 74 valence electrons. The summed E-state index contributed by atoms with van der Waals surface area (Å²) in [7, 11) is 0. The van der Waals surface area contributed by atoms with Crippen LogP contribution < -0.4 is 0 Å². The predicted octanol–water partition coefficient (Wildman–Crippen LogP) is -0.255. The van der Waals surface area contributed by atoms with Crippen molar-refractivity contribution < 1.29 is 15.3 Å². The van der Waals surface area contributed by atoms with E-state index in [-0.39, 0.29) is 11.8 Å². The Morgan fingerprint density at radius 1 is 0.692 bits per heavy atom. The summed E-state index contributed by atoms with van der Waals surface area (Å²) >= 11 is 0. The second-order valence-electron chi connectivity index (χ2n) is 4.96. The lowest BCUT2D eigenvalue weighted by molar-refractivity contribution is -0.0366.